The summed E-state index contributed by atoms with van der Waals surface area (Å²) in [5.74, 6) is 0.164. The van der Waals surface area contributed by atoms with Crippen molar-refractivity contribution in [1.82, 2.24) is 0 Å². The van der Waals surface area contributed by atoms with Gasteiger partial charge in [0.1, 0.15) is 17.3 Å². The SMILES string of the molecule is CCOc1cc(C2/C(=C(\O)c3cc(C)c(OC)cc3C)C(=O)C(=O)N2c2ccccc2OC)ccc1OC. The molecule has 38 heavy (non-hydrogen) atoms. The molecule has 8 heteroatoms. The van der Waals surface area contributed by atoms with E-state index in [0.717, 1.165) is 5.56 Å². The van der Waals surface area contributed by atoms with E-state index in [2.05, 4.69) is 0 Å². The number of aliphatic hydroxyl groups excluding tert-OH is 1. The van der Waals surface area contributed by atoms with E-state index in [0.29, 0.717) is 52.0 Å². The molecule has 0 radical (unpaired) electrons. The molecule has 198 valence electrons. The van der Waals surface area contributed by atoms with E-state index < -0.39 is 17.7 Å². The number of para-hydroxylation sites is 2. The fraction of sp³-hybridized carbons (Fsp3) is 0.267. The first-order valence-corrected chi connectivity index (χ1v) is 12.2. The number of aryl methyl sites for hydroxylation is 2. The molecule has 0 aliphatic carbocycles. The van der Waals surface area contributed by atoms with Crippen LogP contribution in [-0.4, -0.2) is 44.7 Å². The van der Waals surface area contributed by atoms with Gasteiger partial charge >= 0.3 is 0 Å². The van der Waals surface area contributed by atoms with Gasteiger partial charge in [-0.15, -0.1) is 0 Å². The van der Waals surface area contributed by atoms with Crippen molar-refractivity contribution in [3.63, 3.8) is 0 Å². The van der Waals surface area contributed by atoms with E-state index in [1.807, 2.05) is 20.8 Å². The summed E-state index contributed by atoms with van der Waals surface area (Å²) in [6.45, 7) is 5.89. The monoisotopic (exact) mass is 517 g/mol. The van der Waals surface area contributed by atoms with Crippen LogP contribution >= 0.6 is 0 Å². The standard InChI is InChI=1S/C30H31NO7/c1-7-38-25-16-19(12-13-23(25)36-5)27-26(28(32)20-14-18(3)24(37-6)15-17(20)2)29(33)30(34)31(27)21-10-8-9-11-22(21)35-4/h8-16,27,32H,7H2,1-6H3/b28-26+. The molecule has 1 aliphatic heterocycles. The number of amides is 1. The molecule has 0 spiro atoms. The summed E-state index contributed by atoms with van der Waals surface area (Å²) < 4.78 is 22.1. The number of nitrogens with zero attached hydrogens (tertiary/aromatic N) is 1. The lowest BCUT2D eigenvalue weighted by molar-refractivity contribution is -0.132. The average Bonchev–Trinajstić information content (AvgIpc) is 3.19. The molecule has 1 saturated heterocycles. The van der Waals surface area contributed by atoms with Gasteiger partial charge in [-0.3, -0.25) is 14.5 Å². The molecule has 3 aromatic carbocycles. The van der Waals surface area contributed by atoms with Gasteiger partial charge in [-0.2, -0.15) is 0 Å². The van der Waals surface area contributed by atoms with Gasteiger partial charge in [-0.25, -0.2) is 0 Å². The second-order valence-electron chi connectivity index (χ2n) is 8.82. The van der Waals surface area contributed by atoms with E-state index in [1.165, 1.54) is 19.1 Å². The zero-order chi connectivity index (χ0) is 27.6. The van der Waals surface area contributed by atoms with E-state index in [4.69, 9.17) is 18.9 Å². The topological polar surface area (TPSA) is 94.5 Å². The maximum Gasteiger partial charge on any atom is 0.300 e. The Bertz CT molecular complexity index is 1430. The van der Waals surface area contributed by atoms with Gasteiger partial charge in [-0.1, -0.05) is 18.2 Å². The first-order valence-electron chi connectivity index (χ1n) is 12.2. The Morgan fingerprint density at radius 2 is 1.53 bits per heavy atom. The average molecular weight is 518 g/mol. The van der Waals surface area contributed by atoms with Crippen molar-refractivity contribution in [3.8, 4) is 23.0 Å². The second-order valence-corrected chi connectivity index (χ2v) is 8.82. The van der Waals surface area contributed by atoms with Gasteiger partial charge in [-0.05, 0) is 73.9 Å². The smallest absolute Gasteiger partial charge is 0.300 e. The highest BCUT2D eigenvalue weighted by atomic mass is 16.5. The number of anilines is 1. The molecule has 1 N–H and O–H groups in total. The number of ether oxygens (including phenoxy) is 4. The number of carbonyl (C=O) groups excluding carboxylic acids is 2. The predicted octanol–water partition coefficient (Wildman–Crippen LogP) is 5.35. The number of aliphatic hydroxyl groups is 1. The van der Waals surface area contributed by atoms with Crippen LogP contribution in [0.4, 0.5) is 5.69 Å². The number of Topliss-reactive ketones (excluding diaryl/α,β-unsaturated/α-hetero) is 1. The van der Waals surface area contributed by atoms with Gasteiger partial charge < -0.3 is 24.1 Å². The quantitative estimate of drug-likeness (QED) is 0.244. The number of carbonyl (C=O) groups is 2. The Labute approximate surface area is 222 Å². The fourth-order valence-electron chi connectivity index (χ4n) is 4.77. The molecule has 1 aliphatic rings. The normalized spacial score (nSPS) is 16.5. The summed E-state index contributed by atoms with van der Waals surface area (Å²) >= 11 is 0. The summed E-state index contributed by atoms with van der Waals surface area (Å²) in [6, 6.07) is 14.7. The number of hydrogen-bond donors (Lipinski definition) is 1. The lowest BCUT2D eigenvalue weighted by Crippen LogP contribution is -2.29. The lowest BCUT2D eigenvalue weighted by atomic mass is 9.92. The zero-order valence-electron chi connectivity index (χ0n) is 22.3. The largest absolute Gasteiger partial charge is 0.507 e. The van der Waals surface area contributed by atoms with Crippen molar-refractivity contribution in [1.29, 1.82) is 0 Å². The van der Waals surface area contributed by atoms with E-state index >= 15 is 0 Å². The van der Waals surface area contributed by atoms with E-state index in [-0.39, 0.29) is 11.3 Å². The van der Waals surface area contributed by atoms with E-state index in [9.17, 15) is 14.7 Å². The summed E-state index contributed by atoms with van der Waals surface area (Å²) in [4.78, 5) is 28.6. The van der Waals surface area contributed by atoms with Gasteiger partial charge in [0.15, 0.2) is 11.5 Å². The number of methoxy groups -OCH3 is 3. The summed E-state index contributed by atoms with van der Waals surface area (Å²) in [6.07, 6.45) is 0. The molecule has 0 aromatic heterocycles. The maximum absolute atomic E-state index is 13.6. The highest BCUT2D eigenvalue weighted by Crippen LogP contribution is 2.46. The van der Waals surface area contributed by atoms with Crippen LogP contribution in [-0.2, 0) is 9.59 Å². The predicted molar refractivity (Wildman–Crippen MR) is 144 cm³/mol. The van der Waals surface area contributed by atoms with Crippen LogP contribution in [0.2, 0.25) is 0 Å². The molecule has 3 aromatic rings. The van der Waals surface area contributed by atoms with E-state index in [1.54, 1.807) is 61.7 Å². The van der Waals surface area contributed by atoms with Crippen molar-refractivity contribution in [2.75, 3.05) is 32.8 Å². The van der Waals surface area contributed by atoms with Gasteiger partial charge in [0, 0.05) is 5.56 Å². The van der Waals surface area contributed by atoms with Crippen molar-refractivity contribution in [2.45, 2.75) is 26.8 Å². The van der Waals surface area contributed by atoms with Crippen molar-refractivity contribution in [3.05, 3.63) is 82.4 Å². The highest BCUT2D eigenvalue weighted by molar-refractivity contribution is 6.52. The first kappa shape index (κ1) is 26.6. The molecule has 1 heterocycles. The minimum absolute atomic E-state index is 0.0406. The molecule has 1 unspecified atom stereocenters. The molecule has 4 rings (SSSR count). The lowest BCUT2D eigenvalue weighted by Gasteiger charge is -2.27. The summed E-state index contributed by atoms with van der Waals surface area (Å²) in [7, 11) is 4.60. The number of rotatable bonds is 8. The molecule has 1 atom stereocenters. The van der Waals surface area contributed by atoms with Crippen molar-refractivity contribution in [2.24, 2.45) is 0 Å². The number of hydrogen-bond acceptors (Lipinski definition) is 7. The van der Waals surface area contributed by atoms with Crippen LogP contribution in [0.5, 0.6) is 23.0 Å². The third-order valence-electron chi connectivity index (χ3n) is 6.59. The maximum atomic E-state index is 13.6. The Hall–Kier alpha value is -4.46. The van der Waals surface area contributed by atoms with Crippen LogP contribution in [0.25, 0.3) is 5.76 Å². The summed E-state index contributed by atoms with van der Waals surface area (Å²) in [5.41, 5.74) is 2.82. The van der Waals surface area contributed by atoms with Crippen molar-refractivity contribution < 1.29 is 33.6 Å². The molecular weight excluding hydrogens is 486 g/mol. The van der Waals surface area contributed by atoms with Crippen LogP contribution < -0.4 is 23.8 Å². The molecular formula is C30H31NO7. The van der Waals surface area contributed by atoms with Crippen LogP contribution in [0.15, 0.2) is 60.2 Å². The molecule has 0 saturated carbocycles. The zero-order valence-corrected chi connectivity index (χ0v) is 22.3. The Morgan fingerprint density at radius 1 is 0.842 bits per heavy atom. The highest BCUT2D eigenvalue weighted by Gasteiger charge is 2.48. The number of benzene rings is 3. The minimum atomic E-state index is -0.960. The van der Waals surface area contributed by atoms with Gasteiger partial charge in [0.05, 0.1) is 45.2 Å². The second kappa shape index (κ2) is 10.9. The van der Waals surface area contributed by atoms with Crippen LogP contribution in [0.3, 0.4) is 0 Å². The van der Waals surface area contributed by atoms with Gasteiger partial charge in [0.2, 0.25) is 0 Å². The third kappa shape index (κ3) is 4.53. The van der Waals surface area contributed by atoms with Crippen LogP contribution in [0, 0.1) is 13.8 Å². The van der Waals surface area contributed by atoms with Crippen molar-refractivity contribution >= 4 is 23.1 Å². The fourth-order valence-corrected chi connectivity index (χ4v) is 4.77. The molecule has 8 nitrogen and oxygen atoms in total. The third-order valence-corrected chi connectivity index (χ3v) is 6.59. The Morgan fingerprint density at radius 3 is 2.18 bits per heavy atom. The summed E-state index contributed by atoms with van der Waals surface area (Å²) in [5, 5.41) is 11.6. The molecule has 1 amide bonds. The Balaban J connectivity index is 2.02. The Kier molecular flexibility index (Phi) is 7.62. The molecule has 1 fully saturated rings. The first-order chi connectivity index (χ1) is 18.3. The minimum Gasteiger partial charge on any atom is -0.507 e. The molecule has 0 bridgehead atoms. The van der Waals surface area contributed by atoms with Crippen LogP contribution in [0.1, 0.15) is 35.2 Å². The number of ketones is 1. The van der Waals surface area contributed by atoms with Gasteiger partial charge in [0.25, 0.3) is 11.7 Å².